The highest BCUT2D eigenvalue weighted by atomic mass is 16.1. The molecule has 0 unspecified atom stereocenters. The Hall–Kier alpha value is -3.13. The topological polar surface area (TPSA) is 21.5 Å². The van der Waals surface area contributed by atoms with Crippen molar-refractivity contribution in [1.29, 1.82) is 0 Å². The minimum Gasteiger partial charge on any atom is -0.284 e. The molecule has 2 heteroatoms. The zero-order chi connectivity index (χ0) is 21.3. The first-order valence-electron chi connectivity index (χ1n) is 10.6. The van der Waals surface area contributed by atoms with Gasteiger partial charge in [0.25, 0.3) is 5.56 Å². The number of rotatable bonds is 1. The quantitative estimate of drug-likeness (QED) is 0.358. The molecule has 2 nitrogen and oxygen atoms in total. The van der Waals surface area contributed by atoms with Gasteiger partial charge in [0.05, 0.1) is 0 Å². The Kier molecular flexibility index (Phi) is 3.89. The van der Waals surface area contributed by atoms with Gasteiger partial charge in [-0.25, -0.2) is 0 Å². The zero-order valence-electron chi connectivity index (χ0n) is 18.3. The first-order chi connectivity index (χ1) is 14.2. The molecular formula is C28H27NO. The third kappa shape index (κ3) is 2.67. The normalized spacial score (nSPS) is 14.6. The van der Waals surface area contributed by atoms with Crippen LogP contribution < -0.4 is 5.56 Å². The molecule has 1 aliphatic carbocycles. The summed E-state index contributed by atoms with van der Waals surface area (Å²) in [6.07, 6.45) is 1.91. The van der Waals surface area contributed by atoms with Gasteiger partial charge in [0.1, 0.15) is 0 Å². The Bertz CT molecular complexity index is 1370. The average Bonchev–Trinajstić information content (AvgIpc) is 2.95. The average molecular weight is 394 g/mol. The Labute approximate surface area is 177 Å². The van der Waals surface area contributed by atoms with E-state index in [2.05, 4.69) is 95.3 Å². The second kappa shape index (κ2) is 6.18. The van der Waals surface area contributed by atoms with E-state index in [-0.39, 0.29) is 16.4 Å². The maximum atomic E-state index is 12.7. The summed E-state index contributed by atoms with van der Waals surface area (Å²) in [6.45, 7) is 11.0. The maximum absolute atomic E-state index is 12.7. The highest BCUT2D eigenvalue weighted by Gasteiger charge is 2.36. The van der Waals surface area contributed by atoms with E-state index >= 15 is 0 Å². The standard InChI is InChI=1S/C28H27NO/c1-27(2,3)19-16-20-15-18(13-14-29(20)25(30)17-19)21-10-8-12-24-26(21)22-9-6-7-11-23(22)28(24,4)5/h6-17H,1-5H3. The summed E-state index contributed by atoms with van der Waals surface area (Å²) in [6, 6.07) is 23.5. The predicted octanol–water partition coefficient (Wildman–Crippen LogP) is 6.57. The van der Waals surface area contributed by atoms with E-state index in [4.69, 9.17) is 0 Å². The van der Waals surface area contributed by atoms with Crippen molar-refractivity contribution in [2.45, 2.75) is 45.4 Å². The first-order valence-corrected chi connectivity index (χ1v) is 10.6. The van der Waals surface area contributed by atoms with Crippen LogP contribution in [0.5, 0.6) is 0 Å². The zero-order valence-corrected chi connectivity index (χ0v) is 18.3. The van der Waals surface area contributed by atoms with Crippen LogP contribution in [0.4, 0.5) is 0 Å². The van der Waals surface area contributed by atoms with Crippen molar-refractivity contribution >= 4 is 5.52 Å². The molecule has 0 radical (unpaired) electrons. The smallest absolute Gasteiger partial charge is 0.255 e. The Balaban J connectivity index is 1.78. The summed E-state index contributed by atoms with van der Waals surface area (Å²) >= 11 is 0. The predicted molar refractivity (Wildman–Crippen MR) is 125 cm³/mol. The number of benzene rings is 2. The Morgan fingerprint density at radius 3 is 2.27 bits per heavy atom. The number of hydrogen-bond donors (Lipinski definition) is 0. The summed E-state index contributed by atoms with van der Waals surface area (Å²) in [7, 11) is 0. The molecule has 0 atom stereocenters. The summed E-state index contributed by atoms with van der Waals surface area (Å²) in [5, 5.41) is 0. The van der Waals surface area contributed by atoms with Crippen LogP contribution in [0.25, 0.3) is 27.8 Å². The maximum Gasteiger partial charge on any atom is 0.255 e. The molecule has 2 heterocycles. The van der Waals surface area contributed by atoms with Gasteiger partial charge in [0.15, 0.2) is 0 Å². The molecule has 0 fully saturated rings. The van der Waals surface area contributed by atoms with E-state index in [1.54, 1.807) is 10.5 Å². The number of hydrogen-bond acceptors (Lipinski definition) is 1. The Morgan fingerprint density at radius 2 is 1.50 bits per heavy atom. The lowest BCUT2D eigenvalue weighted by Gasteiger charge is -2.21. The second-order valence-corrected chi connectivity index (χ2v) is 9.94. The summed E-state index contributed by atoms with van der Waals surface area (Å²) < 4.78 is 1.74. The van der Waals surface area contributed by atoms with E-state index in [9.17, 15) is 4.79 Å². The van der Waals surface area contributed by atoms with Crippen molar-refractivity contribution in [3.8, 4) is 22.3 Å². The lowest BCUT2D eigenvalue weighted by Crippen LogP contribution is -2.19. The summed E-state index contributed by atoms with van der Waals surface area (Å²) in [5.41, 5.74) is 9.67. The molecule has 30 heavy (non-hydrogen) atoms. The fourth-order valence-electron chi connectivity index (χ4n) is 4.83. The number of nitrogens with zero attached hydrogens (tertiary/aromatic N) is 1. The third-order valence-corrected chi connectivity index (χ3v) is 6.59. The minimum atomic E-state index is -0.0686. The molecule has 2 aromatic carbocycles. The van der Waals surface area contributed by atoms with Crippen LogP contribution in [-0.2, 0) is 10.8 Å². The molecule has 150 valence electrons. The van der Waals surface area contributed by atoms with Gasteiger partial charge >= 0.3 is 0 Å². The molecule has 0 amide bonds. The van der Waals surface area contributed by atoms with Crippen molar-refractivity contribution < 1.29 is 0 Å². The summed E-state index contributed by atoms with van der Waals surface area (Å²) in [4.78, 5) is 12.7. The van der Waals surface area contributed by atoms with Crippen molar-refractivity contribution in [1.82, 2.24) is 4.40 Å². The van der Waals surface area contributed by atoms with E-state index in [1.807, 2.05) is 6.20 Å². The van der Waals surface area contributed by atoms with Gasteiger partial charge in [0.2, 0.25) is 0 Å². The lowest BCUT2D eigenvalue weighted by atomic mass is 9.82. The van der Waals surface area contributed by atoms with E-state index in [0.717, 1.165) is 16.6 Å². The summed E-state index contributed by atoms with van der Waals surface area (Å²) in [5.74, 6) is 0. The molecule has 2 aromatic heterocycles. The van der Waals surface area contributed by atoms with Crippen LogP contribution in [0.2, 0.25) is 0 Å². The van der Waals surface area contributed by atoms with Gasteiger partial charge in [-0.2, -0.15) is 0 Å². The van der Waals surface area contributed by atoms with Gasteiger partial charge in [-0.05, 0) is 62.6 Å². The molecule has 0 spiro atoms. The fourth-order valence-corrected chi connectivity index (χ4v) is 4.83. The molecule has 0 saturated carbocycles. The molecule has 0 saturated heterocycles. The van der Waals surface area contributed by atoms with Crippen LogP contribution in [-0.4, -0.2) is 4.40 Å². The van der Waals surface area contributed by atoms with Gasteiger partial charge in [-0.3, -0.25) is 9.20 Å². The van der Waals surface area contributed by atoms with Gasteiger partial charge < -0.3 is 0 Å². The highest BCUT2D eigenvalue weighted by Crippen LogP contribution is 2.51. The molecule has 0 bridgehead atoms. The van der Waals surface area contributed by atoms with Gasteiger partial charge in [-0.15, -0.1) is 0 Å². The Morgan fingerprint density at radius 1 is 0.800 bits per heavy atom. The van der Waals surface area contributed by atoms with Crippen molar-refractivity contribution in [2.24, 2.45) is 0 Å². The van der Waals surface area contributed by atoms with Crippen LogP contribution in [0.1, 0.15) is 51.3 Å². The number of aromatic nitrogens is 1. The van der Waals surface area contributed by atoms with E-state index < -0.39 is 0 Å². The van der Waals surface area contributed by atoms with Crippen LogP contribution >= 0.6 is 0 Å². The van der Waals surface area contributed by atoms with Gasteiger partial charge in [0, 0.05) is 23.2 Å². The largest absolute Gasteiger partial charge is 0.284 e. The number of fused-ring (bicyclic) bond motifs is 4. The molecule has 0 N–H and O–H groups in total. The van der Waals surface area contributed by atoms with Crippen LogP contribution in [0.3, 0.4) is 0 Å². The molecule has 5 rings (SSSR count). The lowest BCUT2D eigenvalue weighted by molar-refractivity contribution is 0.589. The molecule has 1 aliphatic rings. The third-order valence-electron chi connectivity index (χ3n) is 6.59. The van der Waals surface area contributed by atoms with Crippen LogP contribution in [0, 0.1) is 0 Å². The highest BCUT2D eigenvalue weighted by molar-refractivity contribution is 5.93. The van der Waals surface area contributed by atoms with Gasteiger partial charge in [-0.1, -0.05) is 77.1 Å². The second-order valence-electron chi connectivity index (χ2n) is 9.94. The van der Waals surface area contributed by atoms with Crippen molar-refractivity contribution in [2.75, 3.05) is 0 Å². The molecule has 4 aromatic rings. The van der Waals surface area contributed by atoms with Crippen LogP contribution in [0.15, 0.2) is 77.7 Å². The molecular weight excluding hydrogens is 366 g/mol. The number of pyridine rings is 2. The minimum absolute atomic E-state index is 0.0187. The van der Waals surface area contributed by atoms with E-state index in [0.29, 0.717) is 0 Å². The molecule has 0 aliphatic heterocycles. The first kappa shape index (κ1) is 18.9. The fraction of sp³-hybridized carbons (Fsp3) is 0.250. The monoisotopic (exact) mass is 393 g/mol. The van der Waals surface area contributed by atoms with Crippen molar-refractivity contribution in [3.05, 3.63) is 100.0 Å². The van der Waals surface area contributed by atoms with Crippen molar-refractivity contribution in [3.63, 3.8) is 0 Å². The SMILES string of the molecule is CC(C)(C)c1cc(=O)n2ccc(-c3cccc4c3-c3ccccc3C4(C)C)cc2c1. The van der Waals surface area contributed by atoms with E-state index in [1.165, 1.54) is 27.8 Å².